The van der Waals surface area contributed by atoms with E-state index in [2.05, 4.69) is 13.8 Å². The predicted octanol–water partition coefficient (Wildman–Crippen LogP) is 3.20. The lowest BCUT2D eigenvalue weighted by atomic mass is 9.48. The smallest absolute Gasteiger partial charge is 0.193 e. The van der Waals surface area contributed by atoms with Crippen molar-refractivity contribution in [2.45, 2.75) is 57.1 Å². The van der Waals surface area contributed by atoms with E-state index in [1.165, 1.54) is 38.5 Å². The summed E-state index contributed by atoms with van der Waals surface area (Å²) in [6.07, 6.45) is 7.92. The minimum atomic E-state index is -0.116. The third kappa shape index (κ3) is 2.30. The molecule has 5 fully saturated rings. The van der Waals surface area contributed by atoms with Crippen LogP contribution in [0.4, 0.5) is 0 Å². The van der Waals surface area contributed by atoms with E-state index in [0.29, 0.717) is 5.78 Å². The summed E-state index contributed by atoms with van der Waals surface area (Å²) in [6, 6.07) is 0. The maximum atomic E-state index is 13.6. The van der Waals surface area contributed by atoms with Gasteiger partial charge in [0, 0.05) is 16.3 Å². The van der Waals surface area contributed by atoms with Gasteiger partial charge in [-0.3, -0.25) is 4.79 Å². The fraction of sp³-hybridized carbons (Fsp3) is 0.944. The zero-order valence-electron chi connectivity index (χ0n) is 13.5. The monoisotopic (exact) mass is 309 g/mol. The Bertz CT molecular complexity index is 401. The molecule has 1 aliphatic heterocycles. The minimum absolute atomic E-state index is 0.0730. The highest BCUT2D eigenvalue weighted by Crippen LogP contribution is 2.61. The van der Waals surface area contributed by atoms with E-state index in [1.54, 1.807) is 0 Å². The Hall–Kier alpha value is -0.0200. The zero-order valence-corrected chi connectivity index (χ0v) is 14.3. The predicted molar refractivity (Wildman–Crippen MR) is 87.6 cm³/mol. The number of hydrogen-bond acceptors (Lipinski definition) is 2. The summed E-state index contributed by atoms with van der Waals surface area (Å²) in [7, 11) is 0.228. The Balaban J connectivity index is 1.58. The highest BCUT2D eigenvalue weighted by molar-refractivity contribution is 7.99. The lowest BCUT2D eigenvalue weighted by Gasteiger charge is -2.57. The van der Waals surface area contributed by atoms with Gasteiger partial charge in [0.15, 0.2) is 10.5 Å². The van der Waals surface area contributed by atoms with Crippen LogP contribution >= 0.6 is 0 Å². The van der Waals surface area contributed by atoms with Crippen molar-refractivity contribution in [2.24, 2.45) is 23.2 Å². The van der Waals surface area contributed by atoms with Crippen LogP contribution in [0.1, 0.15) is 52.4 Å². The molecule has 1 heterocycles. The molecule has 0 amide bonds. The molecule has 3 heteroatoms. The van der Waals surface area contributed by atoms with Crippen molar-refractivity contribution in [3.8, 4) is 0 Å². The topological polar surface area (TPSA) is 26.3 Å². The van der Waals surface area contributed by atoms with Crippen molar-refractivity contribution in [2.75, 3.05) is 24.7 Å². The van der Waals surface area contributed by atoms with Crippen LogP contribution in [0.15, 0.2) is 0 Å². The van der Waals surface area contributed by atoms with Gasteiger partial charge in [-0.2, -0.15) is 0 Å². The van der Waals surface area contributed by atoms with Crippen molar-refractivity contribution >= 4 is 16.7 Å². The molecule has 4 saturated carbocycles. The van der Waals surface area contributed by atoms with E-state index in [4.69, 9.17) is 4.74 Å². The van der Waals surface area contributed by atoms with Gasteiger partial charge in [-0.25, -0.2) is 0 Å². The van der Waals surface area contributed by atoms with Crippen LogP contribution < -0.4 is 0 Å². The second kappa shape index (κ2) is 4.99. The molecule has 21 heavy (non-hydrogen) atoms. The lowest BCUT2D eigenvalue weighted by Crippen LogP contribution is -2.58. The summed E-state index contributed by atoms with van der Waals surface area (Å²) < 4.78 is 5.40. The largest absolute Gasteiger partial charge is 0.372 e. The molecule has 5 rings (SSSR count). The molecule has 1 saturated heterocycles. The number of carbonyl (C=O) groups excluding carboxylic acids is 1. The first-order valence-electron chi connectivity index (χ1n) is 8.80. The van der Waals surface area contributed by atoms with E-state index in [1.807, 2.05) is 0 Å². The number of rotatable bonds is 3. The molecule has 2 nitrogen and oxygen atoms in total. The summed E-state index contributed by atoms with van der Waals surface area (Å²) in [5.74, 6) is 5.45. The molecule has 0 aromatic carbocycles. The molecule has 4 bridgehead atoms. The molecule has 0 atom stereocenters. The van der Waals surface area contributed by atoms with Gasteiger partial charge < -0.3 is 4.74 Å². The molecule has 0 aromatic heterocycles. The van der Waals surface area contributed by atoms with E-state index in [9.17, 15) is 4.79 Å². The molecule has 118 valence electrons. The first kappa shape index (κ1) is 14.6. The van der Waals surface area contributed by atoms with Crippen LogP contribution in [0, 0.1) is 23.2 Å². The Labute approximate surface area is 131 Å². The van der Waals surface area contributed by atoms with Crippen molar-refractivity contribution in [1.29, 1.82) is 0 Å². The number of ether oxygens (including phenoxy) is 1. The third-order valence-corrected chi connectivity index (χ3v) is 9.68. The average molecular weight is 309 g/mol. The van der Waals surface area contributed by atoms with Crippen molar-refractivity contribution in [3.05, 3.63) is 0 Å². The molecular weight excluding hydrogens is 280 g/mol. The second-order valence-electron chi connectivity index (χ2n) is 8.55. The van der Waals surface area contributed by atoms with Gasteiger partial charge in [0.25, 0.3) is 0 Å². The van der Waals surface area contributed by atoms with E-state index in [-0.39, 0.29) is 21.1 Å². The first-order valence-corrected chi connectivity index (χ1v) is 10.4. The molecular formula is C18H29O2S+. The van der Waals surface area contributed by atoms with Gasteiger partial charge in [0.2, 0.25) is 0 Å². The van der Waals surface area contributed by atoms with Crippen LogP contribution in [0.2, 0.25) is 0 Å². The van der Waals surface area contributed by atoms with E-state index < -0.39 is 0 Å². The second-order valence-corrected chi connectivity index (χ2v) is 11.4. The summed E-state index contributed by atoms with van der Waals surface area (Å²) in [4.78, 5) is 13.6. The molecule has 0 N–H and O–H groups in total. The lowest BCUT2D eigenvalue weighted by molar-refractivity contribution is -0.145. The summed E-state index contributed by atoms with van der Waals surface area (Å²) in [5, 5.41) is 0. The number of Topliss-reactive ketones (excluding diaryl/α,β-unsaturated/α-hetero) is 1. The van der Waals surface area contributed by atoms with Gasteiger partial charge in [0.05, 0.1) is 13.2 Å². The van der Waals surface area contributed by atoms with E-state index in [0.717, 1.165) is 42.5 Å². The molecule has 0 radical (unpaired) electrons. The van der Waals surface area contributed by atoms with Gasteiger partial charge in [-0.05, 0) is 70.1 Å². The first-order chi connectivity index (χ1) is 9.99. The summed E-state index contributed by atoms with van der Waals surface area (Å²) in [5.41, 5.74) is 0.0730. The third-order valence-electron chi connectivity index (χ3n) is 6.74. The fourth-order valence-corrected chi connectivity index (χ4v) is 8.53. The maximum Gasteiger partial charge on any atom is 0.193 e. The normalized spacial score (nSPS) is 43.2. The number of hydrogen-bond donors (Lipinski definition) is 0. The van der Waals surface area contributed by atoms with Crippen LogP contribution in [0.5, 0.6) is 0 Å². The molecule has 0 spiro atoms. The standard InChI is InChI=1S/C18H29O2S/c1-17(2,21-5-3-20-4-6-21)16(19)18-10-13-7-14(11-18)9-15(8-13)12-18/h13-15H,3-12H2,1-2H3/q+1. The summed E-state index contributed by atoms with van der Waals surface area (Å²) in [6.45, 7) is 6.23. The van der Waals surface area contributed by atoms with Gasteiger partial charge in [-0.1, -0.05) is 0 Å². The van der Waals surface area contributed by atoms with Gasteiger partial charge in [-0.15, -0.1) is 0 Å². The highest BCUT2D eigenvalue weighted by atomic mass is 32.2. The maximum absolute atomic E-state index is 13.6. The molecule has 4 aliphatic carbocycles. The van der Waals surface area contributed by atoms with Crippen molar-refractivity contribution < 1.29 is 9.53 Å². The number of carbonyl (C=O) groups is 1. The Morgan fingerprint density at radius 3 is 1.95 bits per heavy atom. The quantitative estimate of drug-likeness (QED) is 0.748. The van der Waals surface area contributed by atoms with E-state index >= 15 is 0 Å². The zero-order chi connectivity index (χ0) is 14.7. The SMILES string of the molecule is CC(C)(C(=O)C12CC3CC(CC(C3)C1)C2)[S+]1CCOCC1. The van der Waals surface area contributed by atoms with Crippen LogP contribution in [-0.2, 0) is 20.4 Å². The summed E-state index contributed by atoms with van der Waals surface area (Å²) >= 11 is 0. The number of ketones is 1. The van der Waals surface area contributed by atoms with Crippen LogP contribution in [-0.4, -0.2) is 35.2 Å². The van der Waals surface area contributed by atoms with Crippen molar-refractivity contribution in [3.63, 3.8) is 0 Å². The molecule has 0 unspecified atom stereocenters. The molecule has 0 aromatic rings. The highest BCUT2D eigenvalue weighted by Gasteiger charge is 2.60. The van der Waals surface area contributed by atoms with Gasteiger partial charge in [0.1, 0.15) is 11.5 Å². The van der Waals surface area contributed by atoms with Crippen LogP contribution in [0.3, 0.4) is 0 Å². The Morgan fingerprint density at radius 2 is 1.48 bits per heavy atom. The van der Waals surface area contributed by atoms with Crippen LogP contribution in [0.25, 0.3) is 0 Å². The average Bonchev–Trinajstić information content (AvgIpc) is 2.46. The molecule has 5 aliphatic rings. The fourth-order valence-electron chi connectivity index (χ4n) is 6.19. The van der Waals surface area contributed by atoms with Gasteiger partial charge >= 0.3 is 0 Å². The van der Waals surface area contributed by atoms with Crippen molar-refractivity contribution in [1.82, 2.24) is 0 Å². The Morgan fingerprint density at radius 1 is 1.00 bits per heavy atom. The Kier molecular flexibility index (Phi) is 3.46. The minimum Gasteiger partial charge on any atom is -0.372 e.